The van der Waals surface area contributed by atoms with Crippen LogP contribution in [0.5, 0.6) is 11.5 Å². The number of hydrogen-bond acceptors (Lipinski definition) is 3. The fourth-order valence-electron chi connectivity index (χ4n) is 3.21. The van der Waals surface area contributed by atoms with Crippen LogP contribution in [0.3, 0.4) is 0 Å². The Morgan fingerprint density at radius 1 is 1.04 bits per heavy atom. The minimum atomic E-state index is 0.0627. The smallest absolute Gasteiger partial charge is 0.161 e. The number of ketones is 1. The molecular formula is C23H26O3. The lowest BCUT2D eigenvalue weighted by Crippen LogP contribution is -2.12. The summed E-state index contributed by atoms with van der Waals surface area (Å²) < 4.78 is 12.3. The van der Waals surface area contributed by atoms with E-state index in [0.717, 1.165) is 35.5 Å². The quantitative estimate of drug-likeness (QED) is 0.578. The standard InChI is InChI=1S/C23H26O3/c1-2-20(24)14-12-18-13-15-22(25-17-19-8-4-3-5-9-19)23(16-18)26-21-10-6-7-11-21/h2-5,8-9,13,15-16,21H,1,6-7,10-12,14,17H2. The summed E-state index contributed by atoms with van der Waals surface area (Å²) in [6, 6.07) is 16.1. The van der Waals surface area contributed by atoms with Crippen LogP contribution in [0.4, 0.5) is 0 Å². The van der Waals surface area contributed by atoms with Gasteiger partial charge in [-0.1, -0.05) is 43.0 Å². The van der Waals surface area contributed by atoms with E-state index in [0.29, 0.717) is 19.4 Å². The van der Waals surface area contributed by atoms with Crippen LogP contribution >= 0.6 is 0 Å². The number of carbonyl (C=O) groups excluding carboxylic acids is 1. The summed E-state index contributed by atoms with van der Waals surface area (Å²) in [7, 11) is 0. The Bertz CT molecular complexity index is 730. The highest BCUT2D eigenvalue weighted by molar-refractivity contribution is 5.89. The normalized spacial score (nSPS) is 14.2. The summed E-state index contributed by atoms with van der Waals surface area (Å²) in [5.41, 5.74) is 2.21. The van der Waals surface area contributed by atoms with Crippen molar-refractivity contribution in [2.24, 2.45) is 0 Å². The molecule has 1 aliphatic carbocycles. The van der Waals surface area contributed by atoms with Crippen molar-refractivity contribution in [2.75, 3.05) is 0 Å². The van der Waals surface area contributed by atoms with Crippen LogP contribution < -0.4 is 9.47 Å². The second-order valence-corrected chi connectivity index (χ2v) is 6.75. The zero-order valence-electron chi connectivity index (χ0n) is 15.2. The molecule has 0 atom stereocenters. The van der Waals surface area contributed by atoms with E-state index in [2.05, 4.69) is 6.58 Å². The van der Waals surface area contributed by atoms with E-state index in [-0.39, 0.29) is 11.9 Å². The highest BCUT2D eigenvalue weighted by Crippen LogP contribution is 2.33. The molecule has 0 unspecified atom stereocenters. The van der Waals surface area contributed by atoms with Gasteiger partial charge in [0.15, 0.2) is 17.3 Å². The Balaban J connectivity index is 1.72. The first-order chi connectivity index (χ1) is 12.7. The van der Waals surface area contributed by atoms with E-state index in [4.69, 9.17) is 9.47 Å². The highest BCUT2D eigenvalue weighted by atomic mass is 16.5. The average molecular weight is 350 g/mol. The number of hydrogen-bond donors (Lipinski definition) is 0. The maximum atomic E-state index is 11.5. The van der Waals surface area contributed by atoms with Gasteiger partial charge in [0, 0.05) is 6.42 Å². The van der Waals surface area contributed by atoms with E-state index in [1.54, 1.807) is 0 Å². The second kappa shape index (κ2) is 9.23. The Kier molecular flexibility index (Phi) is 6.48. The lowest BCUT2D eigenvalue weighted by molar-refractivity contribution is -0.114. The molecule has 2 aromatic carbocycles. The Morgan fingerprint density at radius 2 is 1.81 bits per heavy atom. The summed E-state index contributed by atoms with van der Waals surface area (Å²) >= 11 is 0. The number of carbonyl (C=O) groups is 1. The van der Waals surface area contributed by atoms with Crippen LogP contribution in [0.2, 0.25) is 0 Å². The molecule has 3 rings (SSSR count). The molecule has 0 heterocycles. The molecule has 0 radical (unpaired) electrons. The fourth-order valence-corrected chi connectivity index (χ4v) is 3.21. The van der Waals surface area contributed by atoms with Crippen molar-refractivity contribution in [3.8, 4) is 11.5 Å². The van der Waals surface area contributed by atoms with Gasteiger partial charge in [-0.15, -0.1) is 0 Å². The Hall–Kier alpha value is -2.55. The maximum Gasteiger partial charge on any atom is 0.161 e. The zero-order valence-corrected chi connectivity index (χ0v) is 15.2. The third-order valence-electron chi connectivity index (χ3n) is 4.73. The molecule has 0 bridgehead atoms. The Labute approximate surface area is 155 Å². The molecule has 0 amide bonds. The van der Waals surface area contributed by atoms with Crippen molar-refractivity contribution in [3.63, 3.8) is 0 Å². The van der Waals surface area contributed by atoms with Gasteiger partial charge in [-0.05, 0) is 61.4 Å². The molecule has 0 aliphatic heterocycles. The van der Waals surface area contributed by atoms with Gasteiger partial charge in [0.2, 0.25) is 0 Å². The second-order valence-electron chi connectivity index (χ2n) is 6.75. The molecule has 0 saturated heterocycles. The molecule has 1 aliphatic rings. The van der Waals surface area contributed by atoms with Gasteiger partial charge in [0.05, 0.1) is 6.10 Å². The third-order valence-corrected chi connectivity index (χ3v) is 4.73. The molecule has 1 fully saturated rings. The molecule has 3 nitrogen and oxygen atoms in total. The molecule has 1 saturated carbocycles. The van der Waals surface area contributed by atoms with Crippen LogP contribution in [0, 0.1) is 0 Å². The van der Waals surface area contributed by atoms with Gasteiger partial charge < -0.3 is 9.47 Å². The number of allylic oxidation sites excluding steroid dienone is 1. The summed E-state index contributed by atoms with van der Waals surface area (Å²) in [4.78, 5) is 11.5. The van der Waals surface area contributed by atoms with Crippen molar-refractivity contribution in [2.45, 2.75) is 51.2 Å². The molecule has 2 aromatic rings. The van der Waals surface area contributed by atoms with Crippen molar-refractivity contribution >= 4 is 5.78 Å². The van der Waals surface area contributed by atoms with Gasteiger partial charge in [-0.3, -0.25) is 4.79 Å². The van der Waals surface area contributed by atoms with Crippen LogP contribution in [0.15, 0.2) is 61.2 Å². The first kappa shape index (κ1) is 18.2. The lowest BCUT2D eigenvalue weighted by Gasteiger charge is -2.18. The van der Waals surface area contributed by atoms with Crippen LogP contribution in [0.1, 0.15) is 43.2 Å². The number of aryl methyl sites for hydroxylation is 1. The average Bonchev–Trinajstić information content (AvgIpc) is 3.19. The van der Waals surface area contributed by atoms with Crippen molar-refractivity contribution < 1.29 is 14.3 Å². The van der Waals surface area contributed by atoms with E-state index in [1.165, 1.54) is 18.9 Å². The highest BCUT2D eigenvalue weighted by Gasteiger charge is 2.19. The monoisotopic (exact) mass is 350 g/mol. The van der Waals surface area contributed by atoms with Crippen LogP contribution in [-0.4, -0.2) is 11.9 Å². The Morgan fingerprint density at radius 3 is 2.54 bits per heavy atom. The predicted octanol–water partition coefficient (Wildman–Crippen LogP) is 5.27. The minimum absolute atomic E-state index is 0.0627. The summed E-state index contributed by atoms with van der Waals surface area (Å²) in [5.74, 6) is 1.61. The lowest BCUT2D eigenvalue weighted by atomic mass is 10.1. The van der Waals surface area contributed by atoms with Crippen molar-refractivity contribution in [3.05, 3.63) is 72.3 Å². The van der Waals surface area contributed by atoms with Gasteiger partial charge in [0.1, 0.15) is 6.61 Å². The maximum absolute atomic E-state index is 11.5. The summed E-state index contributed by atoms with van der Waals surface area (Å²) in [6.45, 7) is 4.04. The SMILES string of the molecule is C=CC(=O)CCc1ccc(OCc2ccccc2)c(OC2CCCC2)c1. The van der Waals surface area contributed by atoms with Gasteiger partial charge in [-0.25, -0.2) is 0 Å². The third kappa shape index (κ3) is 5.22. The molecule has 136 valence electrons. The van der Waals surface area contributed by atoms with Gasteiger partial charge in [-0.2, -0.15) is 0 Å². The minimum Gasteiger partial charge on any atom is -0.487 e. The van der Waals surface area contributed by atoms with Crippen molar-refractivity contribution in [1.29, 1.82) is 0 Å². The molecule has 0 N–H and O–H groups in total. The van der Waals surface area contributed by atoms with E-state index in [9.17, 15) is 4.79 Å². The van der Waals surface area contributed by atoms with Crippen LogP contribution in [-0.2, 0) is 17.8 Å². The van der Waals surface area contributed by atoms with Crippen molar-refractivity contribution in [1.82, 2.24) is 0 Å². The molecular weight excluding hydrogens is 324 g/mol. The largest absolute Gasteiger partial charge is 0.487 e. The fraction of sp³-hybridized carbons (Fsp3) is 0.348. The molecule has 3 heteroatoms. The van der Waals surface area contributed by atoms with E-state index in [1.807, 2.05) is 48.5 Å². The summed E-state index contributed by atoms with van der Waals surface area (Å²) in [5, 5.41) is 0. The first-order valence-electron chi connectivity index (χ1n) is 9.36. The van der Waals surface area contributed by atoms with Gasteiger partial charge in [0.25, 0.3) is 0 Å². The van der Waals surface area contributed by atoms with Crippen LogP contribution in [0.25, 0.3) is 0 Å². The topological polar surface area (TPSA) is 35.5 Å². The molecule has 0 spiro atoms. The van der Waals surface area contributed by atoms with E-state index < -0.39 is 0 Å². The summed E-state index contributed by atoms with van der Waals surface area (Å²) in [6.07, 6.45) is 7.43. The molecule has 26 heavy (non-hydrogen) atoms. The van der Waals surface area contributed by atoms with E-state index >= 15 is 0 Å². The number of benzene rings is 2. The molecule has 0 aromatic heterocycles. The zero-order chi connectivity index (χ0) is 18.2. The predicted molar refractivity (Wildman–Crippen MR) is 104 cm³/mol. The van der Waals surface area contributed by atoms with Gasteiger partial charge >= 0.3 is 0 Å². The first-order valence-corrected chi connectivity index (χ1v) is 9.36. The number of rotatable bonds is 9. The number of ether oxygens (including phenoxy) is 2.